The van der Waals surface area contributed by atoms with Crippen molar-refractivity contribution in [2.75, 3.05) is 40.1 Å². The number of methoxy groups -OCH3 is 1. The summed E-state index contributed by atoms with van der Waals surface area (Å²) >= 11 is 12.1. The van der Waals surface area contributed by atoms with E-state index in [9.17, 15) is 9.59 Å². The van der Waals surface area contributed by atoms with Crippen molar-refractivity contribution in [3.8, 4) is 0 Å². The second kappa shape index (κ2) is 12.1. The average molecular weight is 406 g/mol. The van der Waals surface area contributed by atoms with Crippen LogP contribution in [0.3, 0.4) is 0 Å². The quantitative estimate of drug-likeness (QED) is 0.416. The molecule has 0 bridgehead atoms. The van der Waals surface area contributed by atoms with E-state index < -0.39 is 12.0 Å². The normalized spacial score (nSPS) is 11.9. The summed E-state index contributed by atoms with van der Waals surface area (Å²) in [5.74, 6) is -0.750. The summed E-state index contributed by atoms with van der Waals surface area (Å²) in [5, 5.41) is 0.765. The molecule has 0 aliphatic heterocycles. The fourth-order valence-electron chi connectivity index (χ4n) is 2.45. The average Bonchev–Trinajstić information content (AvgIpc) is 2.58. The van der Waals surface area contributed by atoms with Crippen molar-refractivity contribution in [1.82, 2.24) is 4.90 Å². The summed E-state index contributed by atoms with van der Waals surface area (Å²) < 4.78 is 15.4. The number of nitrogens with zero attached hydrogens (tertiary/aromatic N) is 1. The van der Waals surface area contributed by atoms with E-state index in [1.165, 1.54) is 4.90 Å². The molecular weight excluding hydrogens is 381 g/mol. The van der Waals surface area contributed by atoms with Gasteiger partial charge in [-0.1, -0.05) is 23.2 Å². The molecule has 0 fully saturated rings. The molecule has 1 atom stereocenters. The van der Waals surface area contributed by atoms with Crippen molar-refractivity contribution >= 4 is 35.1 Å². The van der Waals surface area contributed by atoms with Crippen LogP contribution in [0.15, 0.2) is 18.2 Å². The fraction of sp³-hybridized carbons (Fsp3) is 0.556. The maximum absolute atomic E-state index is 12.6. The van der Waals surface area contributed by atoms with Gasteiger partial charge in [-0.3, -0.25) is 4.79 Å². The Morgan fingerprint density at radius 1 is 1.08 bits per heavy atom. The van der Waals surface area contributed by atoms with Crippen molar-refractivity contribution in [1.29, 1.82) is 0 Å². The summed E-state index contributed by atoms with van der Waals surface area (Å²) in [6.07, 6.45) is 0.141. The minimum absolute atomic E-state index is 0.141. The first-order valence-electron chi connectivity index (χ1n) is 8.43. The van der Waals surface area contributed by atoms with E-state index in [-0.39, 0.29) is 25.5 Å². The van der Waals surface area contributed by atoms with Gasteiger partial charge >= 0.3 is 5.97 Å². The van der Waals surface area contributed by atoms with Crippen LogP contribution >= 0.6 is 23.2 Å². The number of esters is 1. The fourth-order valence-corrected chi connectivity index (χ4v) is 2.99. The number of hydrogen-bond donors (Lipinski definition) is 0. The Kier molecular flexibility index (Phi) is 10.6. The number of rotatable bonds is 11. The molecule has 0 saturated carbocycles. The van der Waals surface area contributed by atoms with Gasteiger partial charge in [0, 0.05) is 23.7 Å². The van der Waals surface area contributed by atoms with E-state index in [1.54, 1.807) is 39.2 Å². The van der Waals surface area contributed by atoms with E-state index in [1.807, 2.05) is 0 Å². The predicted octanol–water partition coefficient (Wildman–Crippen LogP) is 3.50. The molecule has 1 aromatic rings. The molecule has 146 valence electrons. The molecule has 6 nitrogen and oxygen atoms in total. The second-order valence-corrected chi connectivity index (χ2v) is 6.27. The molecule has 0 aliphatic carbocycles. The van der Waals surface area contributed by atoms with Crippen LogP contribution < -0.4 is 0 Å². The highest BCUT2D eigenvalue weighted by Crippen LogP contribution is 2.29. The number of ether oxygens (including phenoxy) is 3. The summed E-state index contributed by atoms with van der Waals surface area (Å²) in [5.41, 5.74) is 0.511. The zero-order chi connectivity index (χ0) is 19.5. The maximum Gasteiger partial charge on any atom is 0.333 e. The third-order valence-corrected chi connectivity index (χ3v) is 4.01. The lowest BCUT2D eigenvalue weighted by atomic mass is 10.0. The van der Waals surface area contributed by atoms with E-state index in [2.05, 4.69) is 0 Å². The van der Waals surface area contributed by atoms with E-state index >= 15 is 0 Å². The first kappa shape index (κ1) is 22.7. The van der Waals surface area contributed by atoms with Crippen molar-refractivity contribution < 1.29 is 23.8 Å². The van der Waals surface area contributed by atoms with Gasteiger partial charge in [0.2, 0.25) is 5.91 Å². The van der Waals surface area contributed by atoms with Crippen molar-refractivity contribution in [2.45, 2.75) is 26.3 Å². The van der Waals surface area contributed by atoms with Gasteiger partial charge in [-0.25, -0.2) is 4.79 Å². The first-order chi connectivity index (χ1) is 12.4. The summed E-state index contributed by atoms with van der Waals surface area (Å²) in [4.78, 5) is 26.6. The highest BCUT2D eigenvalue weighted by Gasteiger charge is 2.31. The van der Waals surface area contributed by atoms with Gasteiger partial charge < -0.3 is 19.1 Å². The van der Waals surface area contributed by atoms with E-state index in [4.69, 9.17) is 37.4 Å². The van der Waals surface area contributed by atoms with Crippen LogP contribution in [0, 0.1) is 0 Å². The van der Waals surface area contributed by atoms with Crippen LogP contribution in [0.4, 0.5) is 0 Å². The number of amides is 1. The Balaban J connectivity index is 2.98. The number of carbonyl (C=O) groups is 2. The molecule has 0 aromatic heterocycles. The third-order valence-electron chi connectivity index (χ3n) is 3.58. The molecule has 0 radical (unpaired) electrons. The first-order valence-corrected chi connectivity index (χ1v) is 9.18. The standard InChI is InChI=1S/C18H25Cl2NO5/c1-4-21(16(22)6-7-25-9-8-24-3)17(18(23)26-5-2)13-10-14(19)12-15(20)11-13/h10-12,17H,4-9H2,1-3H3. The number of halogens is 2. The predicted molar refractivity (Wildman–Crippen MR) is 101 cm³/mol. The summed E-state index contributed by atoms with van der Waals surface area (Å²) in [6.45, 7) is 5.13. The van der Waals surface area contributed by atoms with Crippen molar-refractivity contribution in [2.24, 2.45) is 0 Å². The molecule has 0 heterocycles. The molecule has 0 saturated heterocycles. The van der Waals surface area contributed by atoms with Crippen molar-refractivity contribution in [3.63, 3.8) is 0 Å². The molecule has 0 aliphatic rings. The molecule has 1 unspecified atom stereocenters. The Labute approximate surface area is 164 Å². The monoisotopic (exact) mass is 405 g/mol. The number of carbonyl (C=O) groups excluding carboxylic acids is 2. The molecule has 0 N–H and O–H groups in total. The summed E-state index contributed by atoms with van der Waals surface area (Å²) in [7, 11) is 1.58. The highest BCUT2D eigenvalue weighted by atomic mass is 35.5. The maximum atomic E-state index is 12.6. The Morgan fingerprint density at radius 2 is 1.73 bits per heavy atom. The van der Waals surface area contributed by atoms with Gasteiger partial charge in [0.1, 0.15) is 0 Å². The number of benzene rings is 1. The number of hydrogen-bond acceptors (Lipinski definition) is 5. The topological polar surface area (TPSA) is 65.1 Å². The van der Waals surface area contributed by atoms with Gasteiger partial charge in [0.05, 0.1) is 32.8 Å². The van der Waals surface area contributed by atoms with Gasteiger partial charge in [0.15, 0.2) is 6.04 Å². The van der Waals surface area contributed by atoms with Crippen LogP contribution in [0.2, 0.25) is 10.0 Å². The van der Waals surface area contributed by atoms with Crippen molar-refractivity contribution in [3.05, 3.63) is 33.8 Å². The zero-order valence-electron chi connectivity index (χ0n) is 15.3. The summed E-state index contributed by atoms with van der Waals surface area (Å²) in [6, 6.07) is 3.87. The molecule has 1 rings (SSSR count). The Bertz CT molecular complexity index is 577. The van der Waals surface area contributed by atoms with E-state index in [0.29, 0.717) is 35.4 Å². The smallest absolute Gasteiger partial charge is 0.333 e. The Morgan fingerprint density at radius 3 is 2.27 bits per heavy atom. The van der Waals surface area contributed by atoms with Crippen LogP contribution in [-0.2, 0) is 23.8 Å². The van der Waals surface area contributed by atoms with Crippen LogP contribution in [0.1, 0.15) is 31.9 Å². The lowest BCUT2D eigenvalue weighted by Crippen LogP contribution is -2.40. The van der Waals surface area contributed by atoms with E-state index in [0.717, 1.165) is 0 Å². The van der Waals surface area contributed by atoms with Crippen LogP contribution in [0.25, 0.3) is 0 Å². The largest absolute Gasteiger partial charge is 0.464 e. The molecule has 0 spiro atoms. The van der Waals surface area contributed by atoms with Gasteiger partial charge in [-0.15, -0.1) is 0 Å². The highest BCUT2D eigenvalue weighted by molar-refractivity contribution is 6.34. The van der Waals surface area contributed by atoms with Gasteiger partial charge in [-0.2, -0.15) is 0 Å². The molecular formula is C18H25Cl2NO5. The molecule has 1 amide bonds. The SMILES string of the molecule is CCOC(=O)C(c1cc(Cl)cc(Cl)c1)N(CC)C(=O)CCOCCOC. The minimum Gasteiger partial charge on any atom is -0.464 e. The Hall–Kier alpha value is -1.34. The lowest BCUT2D eigenvalue weighted by molar-refractivity contribution is -0.155. The lowest BCUT2D eigenvalue weighted by Gasteiger charge is -2.30. The van der Waals surface area contributed by atoms with Gasteiger partial charge in [0.25, 0.3) is 0 Å². The number of likely N-dealkylation sites (N-methyl/N-ethyl adjacent to an activating group) is 1. The van der Waals surface area contributed by atoms with Crippen LogP contribution in [0.5, 0.6) is 0 Å². The molecule has 26 heavy (non-hydrogen) atoms. The van der Waals surface area contributed by atoms with Gasteiger partial charge in [-0.05, 0) is 37.6 Å². The minimum atomic E-state index is -0.914. The molecule has 8 heteroatoms. The third kappa shape index (κ3) is 7.11. The zero-order valence-corrected chi connectivity index (χ0v) is 16.8. The van der Waals surface area contributed by atoms with Crippen LogP contribution in [-0.4, -0.2) is 56.9 Å². The second-order valence-electron chi connectivity index (χ2n) is 5.39. The molecule has 1 aromatic carbocycles.